The van der Waals surface area contributed by atoms with Crippen LogP contribution in [0.5, 0.6) is 5.75 Å². The summed E-state index contributed by atoms with van der Waals surface area (Å²) < 4.78 is 46.9. The van der Waals surface area contributed by atoms with Crippen LogP contribution < -0.4 is 10.1 Å². The summed E-state index contributed by atoms with van der Waals surface area (Å²) in [5.41, 5.74) is -0.341. The van der Waals surface area contributed by atoms with Crippen molar-refractivity contribution in [1.82, 2.24) is 10.2 Å². The molecule has 148 valence electrons. The van der Waals surface area contributed by atoms with Crippen LogP contribution in [-0.4, -0.2) is 51.0 Å². The second-order valence-electron chi connectivity index (χ2n) is 6.28. The number of benzene rings is 1. The predicted molar refractivity (Wildman–Crippen MR) is 93.3 cm³/mol. The van der Waals surface area contributed by atoms with E-state index in [1.807, 2.05) is 0 Å². The van der Waals surface area contributed by atoms with Crippen molar-refractivity contribution in [3.63, 3.8) is 0 Å². The first-order chi connectivity index (χ1) is 11.8. The molecule has 0 radical (unpaired) electrons. The molecule has 5 nitrogen and oxygen atoms in total. The van der Waals surface area contributed by atoms with Crippen molar-refractivity contribution in [3.8, 4) is 5.75 Å². The molecule has 1 N–H and O–H groups in total. The fourth-order valence-electron chi connectivity index (χ4n) is 3.19. The van der Waals surface area contributed by atoms with Gasteiger partial charge in [0.1, 0.15) is 5.75 Å². The summed E-state index contributed by atoms with van der Waals surface area (Å²) in [6.07, 6.45) is -3.51. The molecular formula is C17H24ClF3N2O3. The smallest absolute Gasteiger partial charge is 0.405 e. The number of alkyl halides is 3. The van der Waals surface area contributed by atoms with Gasteiger partial charge < -0.3 is 19.7 Å². The Kier molecular flexibility index (Phi) is 8.17. The van der Waals surface area contributed by atoms with E-state index in [-0.39, 0.29) is 30.6 Å². The van der Waals surface area contributed by atoms with Crippen molar-refractivity contribution in [2.75, 3.05) is 33.9 Å². The Labute approximate surface area is 157 Å². The third-order valence-electron chi connectivity index (χ3n) is 4.39. The Morgan fingerprint density at radius 3 is 2.46 bits per heavy atom. The van der Waals surface area contributed by atoms with Crippen molar-refractivity contribution < 1.29 is 27.4 Å². The molecule has 2 rings (SSSR count). The second-order valence-corrected chi connectivity index (χ2v) is 6.28. The molecule has 0 saturated carbocycles. The number of ether oxygens (including phenoxy) is 2. The summed E-state index contributed by atoms with van der Waals surface area (Å²) in [6, 6.07) is 5.85. The molecule has 0 bridgehead atoms. The number of hydrogen-bond donors (Lipinski definition) is 1. The van der Waals surface area contributed by atoms with Gasteiger partial charge in [0, 0.05) is 26.3 Å². The van der Waals surface area contributed by atoms with Gasteiger partial charge in [-0.1, -0.05) is 18.2 Å². The van der Waals surface area contributed by atoms with E-state index in [1.165, 1.54) is 23.1 Å². The van der Waals surface area contributed by atoms with Gasteiger partial charge in [0.2, 0.25) is 5.91 Å². The summed E-state index contributed by atoms with van der Waals surface area (Å²) in [4.78, 5) is 14.4. The summed E-state index contributed by atoms with van der Waals surface area (Å²) in [5.74, 6) is -0.418. The average Bonchev–Trinajstić information content (AvgIpc) is 2.55. The first-order valence-corrected chi connectivity index (χ1v) is 8.06. The van der Waals surface area contributed by atoms with Gasteiger partial charge in [-0.2, -0.15) is 0 Å². The topological polar surface area (TPSA) is 50.8 Å². The fraction of sp³-hybridized carbons (Fsp3) is 0.588. The number of hydrogen-bond acceptors (Lipinski definition) is 4. The van der Waals surface area contributed by atoms with Gasteiger partial charge in [-0.3, -0.25) is 4.79 Å². The first kappa shape index (κ1) is 22.5. The largest absolute Gasteiger partial charge is 0.573 e. The van der Waals surface area contributed by atoms with Gasteiger partial charge in [0.15, 0.2) is 0 Å². The maximum absolute atomic E-state index is 13.0. The molecule has 0 unspecified atom stereocenters. The molecule has 1 aromatic rings. The lowest BCUT2D eigenvalue weighted by atomic mass is 9.78. The molecule has 26 heavy (non-hydrogen) atoms. The average molecular weight is 397 g/mol. The normalized spacial score (nSPS) is 16.5. The van der Waals surface area contributed by atoms with Gasteiger partial charge in [-0.25, -0.2) is 0 Å². The number of methoxy groups -OCH3 is 1. The Bertz CT molecular complexity index is 587. The third kappa shape index (κ3) is 5.75. The number of para-hydroxylation sites is 1. The molecule has 1 fully saturated rings. The van der Waals surface area contributed by atoms with Crippen molar-refractivity contribution in [2.45, 2.75) is 25.7 Å². The van der Waals surface area contributed by atoms with Crippen LogP contribution in [0.3, 0.4) is 0 Å². The van der Waals surface area contributed by atoms with Crippen molar-refractivity contribution >= 4 is 18.3 Å². The van der Waals surface area contributed by atoms with E-state index >= 15 is 0 Å². The Balaban J connectivity index is 0.00000338. The zero-order valence-electron chi connectivity index (χ0n) is 14.8. The van der Waals surface area contributed by atoms with Crippen LogP contribution in [-0.2, 0) is 16.1 Å². The molecule has 1 heterocycles. The van der Waals surface area contributed by atoms with Crippen LogP contribution in [0.1, 0.15) is 18.4 Å². The van der Waals surface area contributed by atoms with Gasteiger partial charge in [-0.05, 0) is 32.0 Å². The molecule has 1 saturated heterocycles. The Hall–Kier alpha value is -1.51. The van der Waals surface area contributed by atoms with E-state index in [9.17, 15) is 18.0 Å². The maximum atomic E-state index is 13.0. The highest BCUT2D eigenvalue weighted by Gasteiger charge is 2.41. The van der Waals surface area contributed by atoms with E-state index in [1.54, 1.807) is 20.2 Å². The third-order valence-corrected chi connectivity index (χ3v) is 4.39. The van der Waals surface area contributed by atoms with Crippen LogP contribution in [0.4, 0.5) is 13.2 Å². The minimum absolute atomic E-state index is 0. The Morgan fingerprint density at radius 1 is 1.27 bits per heavy atom. The minimum Gasteiger partial charge on any atom is -0.405 e. The number of nitrogens with one attached hydrogen (secondary N) is 1. The van der Waals surface area contributed by atoms with Crippen molar-refractivity contribution in [3.05, 3.63) is 29.8 Å². The molecule has 0 atom stereocenters. The Morgan fingerprint density at radius 2 is 1.88 bits per heavy atom. The van der Waals surface area contributed by atoms with Crippen LogP contribution in [0, 0.1) is 5.41 Å². The molecule has 0 aromatic heterocycles. The molecule has 0 spiro atoms. The predicted octanol–water partition coefficient (Wildman–Crippen LogP) is 2.98. The van der Waals surface area contributed by atoms with Crippen molar-refractivity contribution in [1.29, 1.82) is 0 Å². The number of carbonyl (C=O) groups excluding carboxylic acids is 1. The van der Waals surface area contributed by atoms with Crippen molar-refractivity contribution in [2.24, 2.45) is 5.41 Å². The highest BCUT2D eigenvalue weighted by atomic mass is 35.5. The number of amides is 1. The van der Waals surface area contributed by atoms with Gasteiger partial charge in [0.25, 0.3) is 0 Å². The lowest BCUT2D eigenvalue weighted by Crippen LogP contribution is -2.50. The number of carbonyl (C=O) groups is 1. The SMILES string of the molecule is COCC1(C(=O)N(C)Cc2ccccc2OC(F)(F)F)CCNCC1.Cl. The highest BCUT2D eigenvalue weighted by molar-refractivity contribution is 5.85. The van der Waals surface area contributed by atoms with E-state index in [2.05, 4.69) is 10.1 Å². The lowest BCUT2D eigenvalue weighted by molar-refractivity contribution is -0.275. The summed E-state index contributed by atoms with van der Waals surface area (Å²) in [5, 5.41) is 3.20. The lowest BCUT2D eigenvalue weighted by Gasteiger charge is -2.38. The van der Waals surface area contributed by atoms with E-state index in [4.69, 9.17) is 4.74 Å². The molecular weight excluding hydrogens is 373 g/mol. The van der Waals surface area contributed by atoms with Crippen LogP contribution >= 0.6 is 12.4 Å². The van der Waals surface area contributed by atoms with Crippen LogP contribution in [0.15, 0.2) is 24.3 Å². The van der Waals surface area contributed by atoms with Gasteiger partial charge >= 0.3 is 6.36 Å². The molecule has 1 aliphatic heterocycles. The molecule has 0 aliphatic carbocycles. The van der Waals surface area contributed by atoms with E-state index < -0.39 is 11.8 Å². The summed E-state index contributed by atoms with van der Waals surface area (Å²) >= 11 is 0. The fourth-order valence-corrected chi connectivity index (χ4v) is 3.19. The zero-order chi connectivity index (χ0) is 18.5. The first-order valence-electron chi connectivity index (χ1n) is 8.06. The van der Waals surface area contributed by atoms with Crippen LogP contribution in [0.25, 0.3) is 0 Å². The summed E-state index contributed by atoms with van der Waals surface area (Å²) in [6.45, 7) is 1.73. The van der Waals surface area contributed by atoms with E-state index in [0.717, 1.165) is 0 Å². The number of piperidine rings is 1. The monoisotopic (exact) mass is 396 g/mol. The molecule has 9 heteroatoms. The zero-order valence-corrected chi connectivity index (χ0v) is 15.6. The number of nitrogens with zero attached hydrogens (tertiary/aromatic N) is 1. The minimum atomic E-state index is -4.77. The highest BCUT2D eigenvalue weighted by Crippen LogP contribution is 2.33. The molecule has 1 amide bonds. The molecule has 1 aliphatic rings. The second kappa shape index (κ2) is 9.43. The van der Waals surface area contributed by atoms with E-state index in [0.29, 0.717) is 38.1 Å². The van der Waals surface area contributed by atoms with Crippen LogP contribution in [0.2, 0.25) is 0 Å². The maximum Gasteiger partial charge on any atom is 0.573 e. The number of rotatable bonds is 6. The quantitative estimate of drug-likeness (QED) is 0.803. The molecule has 1 aromatic carbocycles. The number of halogens is 4. The summed E-state index contributed by atoms with van der Waals surface area (Å²) in [7, 11) is 3.13. The van der Waals surface area contributed by atoms with Gasteiger partial charge in [-0.15, -0.1) is 25.6 Å². The van der Waals surface area contributed by atoms with Gasteiger partial charge in [0.05, 0.1) is 12.0 Å². The standard InChI is InChI=1S/C17H23F3N2O3.ClH/c1-22(15(23)16(12-24-2)7-9-21-10-8-16)11-13-5-3-4-6-14(13)25-17(18,19)20;/h3-6,21H,7-12H2,1-2H3;1H.